The van der Waals surface area contributed by atoms with Crippen LogP contribution in [0.3, 0.4) is 0 Å². The number of rotatable bonds is 3. The number of amides is 2. The number of hydrogen-bond acceptors (Lipinski definition) is 3. The fourth-order valence-corrected chi connectivity index (χ4v) is 3.44. The Morgan fingerprint density at radius 2 is 2.15 bits per heavy atom. The lowest BCUT2D eigenvalue weighted by molar-refractivity contribution is 0.180. The lowest BCUT2D eigenvalue weighted by Gasteiger charge is -2.31. The predicted molar refractivity (Wildman–Crippen MR) is 86.5 cm³/mol. The molecule has 0 spiro atoms. The maximum absolute atomic E-state index is 12.5. The Balaban J connectivity index is 2.03. The monoisotopic (exact) mass is 293 g/mol. The highest BCUT2D eigenvalue weighted by molar-refractivity contribution is 7.99. The van der Waals surface area contributed by atoms with Gasteiger partial charge < -0.3 is 15.1 Å². The molecule has 1 saturated heterocycles. The first kappa shape index (κ1) is 15.2. The molecule has 1 aromatic rings. The van der Waals surface area contributed by atoms with E-state index in [4.69, 9.17) is 0 Å². The number of nitrogens with one attached hydrogen (secondary N) is 1. The van der Waals surface area contributed by atoms with Gasteiger partial charge in [-0.1, -0.05) is 18.2 Å². The van der Waals surface area contributed by atoms with E-state index in [-0.39, 0.29) is 12.1 Å². The summed E-state index contributed by atoms with van der Waals surface area (Å²) in [6.45, 7) is 1.75. The number of anilines is 1. The number of urea groups is 1. The highest BCUT2D eigenvalue weighted by atomic mass is 32.2. The summed E-state index contributed by atoms with van der Waals surface area (Å²) in [5.74, 6) is 2.15. The van der Waals surface area contributed by atoms with Crippen molar-refractivity contribution in [3.8, 4) is 0 Å². The van der Waals surface area contributed by atoms with Crippen molar-refractivity contribution >= 4 is 23.5 Å². The average molecular weight is 293 g/mol. The van der Waals surface area contributed by atoms with Crippen LogP contribution in [0, 0.1) is 0 Å². The van der Waals surface area contributed by atoms with Gasteiger partial charge in [0.2, 0.25) is 0 Å². The highest BCUT2D eigenvalue weighted by Gasteiger charge is 2.26. The maximum atomic E-state index is 12.5. The molecule has 0 aliphatic carbocycles. The van der Waals surface area contributed by atoms with E-state index in [0.717, 1.165) is 36.7 Å². The molecule has 5 heteroatoms. The number of para-hydroxylation sites is 1. The molecular formula is C15H23N3OS. The molecule has 0 radical (unpaired) electrons. The van der Waals surface area contributed by atoms with Gasteiger partial charge >= 0.3 is 6.03 Å². The molecule has 2 rings (SSSR count). The molecular weight excluding hydrogens is 270 g/mol. The summed E-state index contributed by atoms with van der Waals surface area (Å²) >= 11 is 1.94. The number of nitrogens with zero attached hydrogens (tertiary/aromatic N) is 2. The average Bonchev–Trinajstić information content (AvgIpc) is 2.64. The van der Waals surface area contributed by atoms with Crippen molar-refractivity contribution in [2.45, 2.75) is 12.5 Å². The molecule has 2 amide bonds. The Morgan fingerprint density at radius 3 is 2.85 bits per heavy atom. The smallest absolute Gasteiger partial charge is 0.319 e. The van der Waals surface area contributed by atoms with Crippen LogP contribution in [0.1, 0.15) is 6.42 Å². The zero-order valence-corrected chi connectivity index (χ0v) is 13.0. The van der Waals surface area contributed by atoms with Gasteiger partial charge in [-0.15, -0.1) is 0 Å². The molecule has 1 fully saturated rings. The second-order valence-corrected chi connectivity index (χ2v) is 6.48. The van der Waals surface area contributed by atoms with E-state index in [1.54, 1.807) is 0 Å². The third kappa shape index (κ3) is 4.42. The molecule has 1 aliphatic rings. The molecule has 0 saturated carbocycles. The zero-order valence-electron chi connectivity index (χ0n) is 12.2. The van der Waals surface area contributed by atoms with Gasteiger partial charge in [-0.2, -0.15) is 11.8 Å². The zero-order chi connectivity index (χ0) is 14.4. The highest BCUT2D eigenvalue weighted by Crippen LogP contribution is 2.18. The number of thioether (sulfide) groups is 1. The molecule has 20 heavy (non-hydrogen) atoms. The third-order valence-corrected chi connectivity index (χ3v) is 4.50. The minimum atomic E-state index is 0.0190. The van der Waals surface area contributed by atoms with Gasteiger partial charge in [0.25, 0.3) is 0 Å². The van der Waals surface area contributed by atoms with Gasteiger partial charge in [0.1, 0.15) is 0 Å². The van der Waals surface area contributed by atoms with Gasteiger partial charge in [-0.25, -0.2) is 4.79 Å². The van der Waals surface area contributed by atoms with Crippen molar-refractivity contribution in [1.29, 1.82) is 0 Å². The summed E-state index contributed by atoms with van der Waals surface area (Å²) in [5, 5.41) is 3.00. The first-order valence-corrected chi connectivity index (χ1v) is 8.17. The van der Waals surface area contributed by atoms with Gasteiger partial charge in [-0.05, 0) is 38.4 Å². The van der Waals surface area contributed by atoms with Gasteiger partial charge in [0, 0.05) is 24.5 Å². The minimum Gasteiger partial charge on any atom is -0.319 e. The number of hydrogen-bond donors (Lipinski definition) is 1. The van der Waals surface area contributed by atoms with Crippen LogP contribution in [-0.4, -0.2) is 60.6 Å². The summed E-state index contributed by atoms with van der Waals surface area (Å²) in [5.41, 5.74) is 0.859. The van der Waals surface area contributed by atoms with Gasteiger partial charge in [-0.3, -0.25) is 0 Å². The Bertz CT molecular complexity index is 424. The lowest BCUT2D eigenvalue weighted by Crippen LogP contribution is -2.48. The molecule has 1 N–H and O–H groups in total. The van der Waals surface area contributed by atoms with Crippen LogP contribution in [0.5, 0.6) is 0 Å². The van der Waals surface area contributed by atoms with Crippen molar-refractivity contribution in [2.24, 2.45) is 0 Å². The summed E-state index contributed by atoms with van der Waals surface area (Å²) in [7, 11) is 4.12. The summed E-state index contributed by atoms with van der Waals surface area (Å²) in [6.07, 6.45) is 1.07. The molecule has 0 aromatic heterocycles. The van der Waals surface area contributed by atoms with Crippen molar-refractivity contribution in [3.63, 3.8) is 0 Å². The topological polar surface area (TPSA) is 35.6 Å². The summed E-state index contributed by atoms with van der Waals surface area (Å²) in [4.78, 5) is 16.6. The Kier molecular flexibility index (Phi) is 5.73. The van der Waals surface area contributed by atoms with Crippen LogP contribution in [0.15, 0.2) is 30.3 Å². The second kappa shape index (κ2) is 7.55. The summed E-state index contributed by atoms with van der Waals surface area (Å²) in [6, 6.07) is 9.96. The largest absolute Gasteiger partial charge is 0.322 e. The van der Waals surface area contributed by atoms with Crippen LogP contribution in [0.25, 0.3) is 0 Å². The number of likely N-dealkylation sites (N-methyl/N-ethyl adjacent to an activating group) is 1. The van der Waals surface area contributed by atoms with Crippen LogP contribution >= 0.6 is 11.8 Å². The molecule has 110 valence electrons. The van der Waals surface area contributed by atoms with Crippen molar-refractivity contribution in [1.82, 2.24) is 9.80 Å². The van der Waals surface area contributed by atoms with Gasteiger partial charge in [0.15, 0.2) is 0 Å². The van der Waals surface area contributed by atoms with Crippen molar-refractivity contribution < 1.29 is 4.79 Å². The Labute approximate surface area is 125 Å². The fourth-order valence-electron chi connectivity index (χ4n) is 2.39. The standard InChI is InChI=1S/C15H23N3OS/c1-17(2)11-14-12-20-10-6-9-18(14)15(19)16-13-7-4-3-5-8-13/h3-5,7-8,14H,6,9-12H2,1-2H3,(H,16,19)/t14-/m0/s1. The van der Waals surface area contributed by atoms with E-state index in [1.807, 2.05) is 47.0 Å². The SMILES string of the molecule is CN(C)C[C@H]1CSCCCN1C(=O)Nc1ccccc1. The molecule has 0 bridgehead atoms. The molecule has 1 heterocycles. The van der Waals surface area contributed by atoms with Crippen molar-refractivity contribution in [2.75, 3.05) is 44.0 Å². The lowest BCUT2D eigenvalue weighted by atomic mass is 10.2. The van der Waals surface area contributed by atoms with Crippen LogP contribution in [-0.2, 0) is 0 Å². The molecule has 1 aromatic carbocycles. The quantitative estimate of drug-likeness (QED) is 0.930. The fraction of sp³-hybridized carbons (Fsp3) is 0.533. The first-order valence-electron chi connectivity index (χ1n) is 7.02. The molecule has 4 nitrogen and oxygen atoms in total. The van der Waals surface area contributed by atoms with E-state index in [0.29, 0.717) is 0 Å². The number of benzene rings is 1. The van der Waals surface area contributed by atoms with E-state index >= 15 is 0 Å². The van der Waals surface area contributed by atoms with E-state index in [2.05, 4.69) is 24.3 Å². The normalized spacial score (nSPS) is 19.8. The number of carbonyl (C=O) groups excluding carboxylic acids is 1. The number of carbonyl (C=O) groups is 1. The third-order valence-electron chi connectivity index (χ3n) is 3.30. The van der Waals surface area contributed by atoms with E-state index < -0.39 is 0 Å². The molecule has 1 aliphatic heterocycles. The molecule has 0 unspecified atom stereocenters. The first-order chi connectivity index (χ1) is 9.66. The maximum Gasteiger partial charge on any atom is 0.322 e. The van der Waals surface area contributed by atoms with Gasteiger partial charge in [0.05, 0.1) is 6.04 Å². The van der Waals surface area contributed by atoms with Crippen LogP contribution < -0.4 is 5.32 Å². The van der Waals surface area contributed by atoms with Crippen LogP contribution in [0.4, 0.5) is 10.5 Å². The van der Waals surface area contributed by atoms with E-state index in [9.17, 15) is 4.79 Å². The van der Waals surface area contributed by atoms with Crippen LogP contribution in [0.2, 0.25) is 0 Å². The van der Waals surface area contributed by atoms with E-state index in [1.165, 1.54) is 0 Å². The predicted octanol–water partition coefficient (Wildman–Crippen LogP) is 2.59. The summed E-state index contributed by atoms with van der Waals surface area (Å²) < 4.78 is 0. The molecule has 1 atom stereocenters. The Hall–Kier alpha value is -1.20. The minimum absolute atomic E-state index is 0.0190. The van der Waals surface area contributed by atoms with Crippen molar-refractivity contribution in [3.05, 3.63) is 30.3 Å². The second-order valence-electron chi connectivity index (χ2n) is 5.33. The Morgan fingerprint density at radius 1 is 1.40 bits per heavy atom.